The number of nitrogens with zero attached hydrogens (tertiary/aromatic N) is 1. The molecule has 33 heavy (non-hydrogen) atoms. The van der Waals surface area contributed by atoms with E-state index in [0.717, 1.165) is 12.8 Å². The summed E-state index contributed by atoms with van der Waals surface area (Å²) in [5, 5.41) is 22.8. The molecule has 0 spiro atoms. The van der Waals surface area contributed by atoms with Crippen LogP contribution in [0.15, 0.2) is 24.3 Å². The lowest BCUT2D eigenvalue weighted by Gasteiger charge is -2.21. The zero-order chi connectivity index (χ0) is 24.5. The standard InChI is InChI=1S/C25H41N3O4S/c1-4-6-7-8-9-10-11-12-13-14-16-20(3)33-24(26)23(25(29)32-5-2)27-21-17-15-18-22(19-21)28(30)31/h15,17-20,23,26-27H,4-14,16H2,1-3H3. The molecule has 0 amide bonds. The topological polar surface area (TPSA) is 105 Å². The minimum Gasteiger partial charge on any atom is -0.464 e. The van der Waals surface area contributed by atoms with Gasteiger partial charge in [0.2, 0.25) is 0 Å². The molecule has 1 rings (SSSR count). The molecule has 2 unspecified atom stereocenters. The van der Waals surface area contributed by atoms with Crippen LogP contribution in [0, 0.1) is 15.5 Å². The molecule has 0 bridgehead atoms. The van der Waals surface area contributed by atoms with Gasteiger partial charge in [-0.15, -0.1) is 11.8 Å². The first-order valence-electron chi connectivity index (χ1n) is 12.3. The number of nitro groups is 1. The molecule has 0 fully saturated rings. The lowest BCUT2D eigenvalue weighted by atomic mass is 10.1. The predicted octanol–water partition coefficient (Wildman–Crippen LogP) is 7.35. The van der Waals surface area contributed by atoms with Gasteiger partial charge in [-0.05, 0) is 19.4 Å². The smallest absolute Gasteiger partial charge is 0.335 e. The van der Waals surface area contributed by atoms with Gasteiger partial charge in [0.1, 0.15) is 0 Å². The van der Waals surface area contributed by atoms with Crippen LogP contribution in [0.5, 0.6) is 0 Å². The third kappa shape index (κ3) is 12.7. The molecule has 0 aromatic heterocycles. The SMILES string of the molecule is CCCCCCCCCCCCC(C)SC(=N)C(Nc1cccc([N+](=O)[O-])c1)C(=O)OCC. The van der Waals surface area contributed by atoms with E-state index in [2.05, 4.69) is 19.2 Å². The van der Waals surface area contributed by atoms with Gasteiger partial charge in [-0.25, -0.2) is 4.79 Å². The number of thioether (sulfide) groups is 1. The second-order valence-corrected chi connectivity index (χ2v) is 9.88. The maximum Gasteiger partial charge on any atom is 0.335 e. The highest BCUT2D eigenvalue weighted by molar-refractivity contribution is 8.14. The highest BCUT2D eigenvalue weighted by atomic mass is 32.2. The third-order valence-corrected chi connectivity index (χ3v) is 6.57. The van der Waals surface area contributed by atoms with Gasteiger partial charge in [-0.2, -0.15) is 0 Å². The van der Waals surface area contributed by atoms with Crippen LogP contribution in [0.2, 0.25) is 0 Å². The number of hydrogen-bond donors (Lipinski definition) is 2. The molecule has 186 valence electrons. The van der Waals surface area contributed by atoms with E-state index in [1.165, 1.54) is 81.7 Å². The second-order valence-electron chi connectivity index (χ2n) is 8.40. The van der Waals surface area contributed by atoms with Crippen LogP contribution >= 0.6 is 11.8 Å². The van der Waals surface area contributed by atoms with Gasteiger partial charge in [0.05, 0.1) is 16.6 Å². The van der Waals surface area contributed by atoms with Crippen LogP contribution in [0.4, 0.5) is 11.4 Å². The Morgan fingerprint density at radius 3 is 2.27 bits per heavy atom. The second kappa shape index (κ2) is 17.4. The fourth-order valence-electron chi connectivity index (χ4n) is 3.60. The number of esters is 1. The number of nitro benzene ring substituents is 1. The van der Waals surface area contributed by atoms with Crippen molar-refractivity contribution in [1.29, 1.82) is 5.41 Å². The molecule has 2 atom stereocenters. The van der Waals surface area contributed by atoms with E-state index in [1.807, 2.05) is 0 Å². The Morgan fingerprint density at radius 2 is 1.70 bits per heavy atom. The molecule has 0 saturated carbocycles. The summed E-state index contributed by atoms with van der Waals surface area (Å²) in [6.07, 6.45) is 13.9. The molecule has 7 nitrogen and oxygen atoms in total. The van der Waals surface area contributed by atoms with E-state index in [9.17, 15) is 14.9 Å². The Labute approximate surface area is 203 Å². The number of hydrogen-bond acceptors (Lipinski definition) is 7. The van der Waals surface area contributed by atoms with Crippen molar-refractivity contribution in [1.82, 2.24) is 0 Å². The molecule has 1 aromatic carbocycles. The summed E-state index contributed by atoms with van der Waals surface area (Å²) in [7, 11) is 0. The largest absolute Gasteiger partial charge is 0.464 e. The average Bonchev–Trinajstić information content (AvgIpc) is 2.78. The molecule has 0 aliphatic heterocycles. The zero-order valence-corrected chi connectivity index (χ0v) is 21.3. The summed E-state index contributed by atoms with van der Waals surface area (Å²) in [6.45, 7) is 6.24. The third-order valence-electron chi connectivity index (χ3n) is 5.44. The van der Waals surface area contributed by atoms with E-state index in [-0.39, 0.29) is 22.6 Å². The number of benzene rings is 1. The predicted molar refractivity (Wildman–Crippen MR) is 138 cm³/mol. The van der Waals surface area contributed by atoms with Crippen molar-refractivity contribution in [3.05, 3.63) is 34.4 Å². The first-order chi connectivity index (χ1) is 15.9. The van der Waals surface area contributed by atoms with E-state index < -0.39 is 16.9 Å². The molecular weight excluding hydrogens is 438 g/mol. The number of unbranched alkanes of at least 4 members (excludes halogenated alkanes) is 9. The van der Waals surface area contributed by atoms with Crippen LogP contribution in [-0.2, 0) is 9.53 Å². The van der Waals surface area contributed by atoms with Crippen molar-refractivity contribution < 1.29 is 14.5 Å². The molecule has 0 saturated heterocycles. The van der Waals surface area contributed by atoms with Crippen molar-refractivity contribution in [3.8, 4) is 0 Å². The summed E-state index contributed by atoms with van der Waals surface area (Å²) >= 11 is 1.36. The minimum absolute atomic E-state index is 0.0730. The van der Waals surface area contributed by atoms with Crippen molar-refractivity contribution in [2.24, 2.45) is 0 Å². The maximum atomic E-state index is 12.5. The molecular formula is C25H41N3O4S. The number of anilines is 1. The van der Waals surface area contributed by atoms with E-state index in [4.69, 9.17) is 10.1 Å². The van der Waals surface area contributed by atoms with Crippen molar-refractivity contribution in [2.45, 2.75) is 103 Å². The Morgan fingerprint density at radius 1 is 1.09 bits per heavy atom. The molecule has 0 aliphatic rings. The van der Waals surface area contributed by atoms with E-state index in [1.54, 1.807) is 19.1 Å². The normalized spacial score (nSPS) is 12.7. The molecule has 0 aliphatic carbocycles. The van der Waals surface area contributed by atoms with Gasteiger partial charge >= 0.3 is 5.97 Å². The van der Waals surface area contributed by atoms with Crippen molar-refractivity contribution >= 4 is 34.1 Å². The Balaban J connectivity index is 2.45. The number of ether oxygens (including phenoxy) is 1. The average molecular weight is 480 g/mol. The van der Waals surface area contributed by atoms with Crippen LogP contribution in [0.25, 0.3) is 0 Å². The lowest BCUT2D eigenvalue weighted by Crippen LogP contribution is -2.37. The van der Waals surface area contributed by atoms with Gasteiger partial charge in [-0.1, -0.05) is 84.1 Å². The van der Waals surface area contributed by atoms with Gasteiger partial charge < -0.3 is 10.1 Å². The van der Waals surface area contributed by atoms with Crippen LogP contribution in [0.1, 0.15) is 91.4 Å². The Hall–Kier alpha value is -2.09. The summed E-state index contributed by atoms with van der Waals surface area (Å²) in [5.41, 5.74) is 0.339. The fraction of sp³-hybridized carbons (Fsp3) is 0.680. The van der Waals surface area contributed by atoms with Crippen LogP contribution in [-0.4, -0.2) is 33.8 Å². The quantitative estimate of drug-likeness (QED) is 0.0569. The van der Waals surface area contributed by atoms with Gasteiger partial charge in [0.25, 0.3) is 5.69 Å². The Bertz CT molecular complexity index is 729. The number of rotatable bonds is 18. The summed E-state index contributed by atoms with van der Waals surface area (Å²) < 4.78 is 5.13. The molecule has 0 radical (unpaired) electrons. The Kier molecular flexibility index (Phi) is 15.3. The zero-order valence-electron chi connectivity index (χ0n) is 20.4. The van der Waals surface area contributed by atoms with Gasteiger partial charge in [0.15, 0.2) is 6.04 Å². The highest BCUT2D eigenvalue weighted by Gasteiger charge is 2.27. The van der Waals surface area contributed by atoms with E-state index >= 15 is 0 Å². The van der Waals surface area contributed by atoms with Crippen LogP contribution < -0.4 is 5.32 Å². The van der Waals surface area contributed by atoms with Gasteiger partial charge in [-0.3, -0.25) is 15.5 Å². The van der Waals surface area contributed by atoms with Crippen molar-refractivity contribution in [2.75, 3.05) is 11.9 Å². The highest BCUT2D eigenvalue weighted by Crippen LogP contribution is 2.24. The molecule has 1 aromatic rings. The lowest BCUT2D eigenvalue weighted by molar-refractivity contribution is -0.384. The summed E-state index contributed by atoms with van der Waals surface area (Å²) in [6, 6.07) is 4.96. The monoisotopic (exact) mass is 479 g/mol. The van der Waals surface area contributed by atoms with Crippen LogP contribution in [0.3, 0.4) is 0 Å². The molecule has 8 heteroatoms. The first-order valence-corrected chi connectivity index (χ1v) is 13.2. The number of carbonyl (C=O) groups is 1. The van der Waals surface area contributed by atoms with E-state index in [0.29, 0.717) is 5.69 Å². The number of carbonyl (C=O) groups excluding carboxylic acids is 1. The number of non-ortho nitro benzene ring substituents is 1. The number of nitrogens with one attached hydrogen (secondary N) is 2. The molecule has 0 heterocycles. The first kappa shape index (κ1) is 28.9. The summed E-state index contributed by atoms with van der Waals surface area (Å²) in [4.78, 5) is 23.0. The molecule has 2 N–H and O–H groups in total. The summed E-state index contributed by atoms with van der Waals surface area (Å²) in [5.74, 6) is -0.548. The fourth-order valence-corrected chi connectivity index (χ4v) is 4.61. The van der Waals surface area contributed by atoms with Gasteiger partial charge in [0, 0.05) is 23.1 Å². The minimum atomic E-state index is -0.980. The van der Waals surface area contributed by atoms with Crippen molar-refractivity contribution in [3.63, 3.8) is 0 Å². The maximum absolute atomic E-state index is 12.5.